The van der Waals surface area contributed by atoms with Crippen molar-refractivity contribution in [2.24, 2.45) is 0 Å². The minimum atomic E-state index is -3.54. The summed E-state index contributed by atoms with van der Waals surface area (Å²) in [6, 6.07) is 14.4. The number of fused-ring (bicyclic) bond motifs is 1. The SMILES string of the molecule is CC(Sc1nc2ccccc2s1)C(=O)Nc1cccc(S(=O)(=O)N2CCCCC2)c1. The zero-order valence-corrected chi connectivity index (χ0v) is 19.0. The van der Waals surface area contributed by atoms with Crippen LogP contribution in [0.3, 0.4) is 0 Å². The number of piperidine rings is 1. The number of aromatic nitrogens is 1. The molecule has 1 fully saturated rings. The Morgan fingerprint density at radius 3 is 2.67 bits per heavy atom. The maximum atomic E-state index is 12.9. The number of hydrogen-bond donors (Lipinski definition) is 1. The Labute approximate surface area is 184 Å². The first-order valence-corrected chi connectivity index (χ1v) is 13.0. The molecule has 2 aromatic carbocycles. The van der Waals surface area contributed by atoms with Crippen LogP contribution in [-0.2, 0) is 14.8 Å². The normalized spacial score (nSPS) is 16.4. The van der Waals surface area contributed by atoms with Gasteiger partial charge in [-0.2, -0.15) is 4.31 Å². The van der Waals surface area contributed by atoms with Gasteiger partial charge >= 0.3 is 0 Å². The molecule has 158 valence electrons. The van der Waals surface area contributed by atoms with Gasteiger partial charge in [-0.05, 0) is 50.1 Å². The number of nitrogens with zero attached hydrogens (tertiary/aromatic N) is 2. The number of carbonyl (C=O) groups excluding carboxylic acids is 1. The summed E-state index contributed by atoms with van der Waals surface area (Å²) in [5, 5.41) is 2.48. The van der Waals surface area contributed by atoms with Gasteiger partial charge in [0.1, 0.15) is 0 Å². The van der Waals surface area contributed by atoms with Gasteiger partial charge in [-0.25, -0.2) is 13.4 Å². The summed E-state index contributed by atoms with van der Waals surface area (Å²) in [6.45, 7) is 2.92. The molecule has 1 N–H and O–H groups in total. The van der Waals surface area contributed by atoms with Crippen LogP contribution in [0.25, 0.3) is 10.2 Å². The van der Waals surface area contributed by atoms with E-state index >= 15 is 0 Å². The van der Waals surface area contributed by atoms with Crippen molar-refractivity contribution in [1.29, 1.82) is 0 Å². The van der Waals surface area contributed by atoms with E-state index in [2.05, 4.69) is 10.3 Å². The van der Waals surface area contributed by atoms with Crippen LogP contribution in [0, 0.1) is 0 Å². The summed E-state index contributed by atoms with van der Waals surface area (Å²) in [7, 11) is -3.54. The zero-order chi connectivity index (χ0) is 21.1. The second-order valence-electron chi connectivity index (χ2n) is 7.19. The molecule has 1 saturated heterocycles. The van der Waals surface area contributed by atoms with Gasteiger partial charge in [0.25, 0.3) is 0 Å². The van der Waals surface area contributed by atoms with Crippen molar-refractivity contribution in [2.75, 3.05) is 18.4 Å². The van der Waals surface area contributed by atoms with Crippen LogP contribution in [0.15, 0.2) is 57.8 Å². The topological polar surface area (TPSA) is 79.4 Å². The maximum absolute atomic E-state index is 12.9. The molecular weight excluding hydrogens is 438 g/mol. The number of hydrogen-bond acceptors (Lipinski definition) is 6. The first-order valence-electron chi connectivity index (χ1n) is 9.87. The molecule has 1 aromatic heterocycles. The van der Waals surface area contributed by atoms with E-state index in [1.54, 1.807) is 29.5 Å². The number of nitrogens with one attached hydrogen (secondary N) is 1. The van der Waals surface area contributed by atoms with Crippen LogP contribution >= 0.6 is 23.1 Å². The highest BCUT2D eigenvalue weighted by Crippen LogP contribution is 2.32. The summed E-state index contributed by atoms with van der Waals surface area (Å²) in [5.74, 6) is -0.188. The van der Waals surface area contributed by atoms with Gasteiger partial charge in [0.15, 0.2) is 4.34 Å². The molecule has 2 heterocycles. The lowest BCUT2D eigenvalue weighted by Gasteiger charge is -2.26. The molecule has 1 amide bonds. The summed E-state index contributed by atoms with van der Waals surface area (Å²) in [5.41, 5.74) is 1.41. The van der Waals surface area contributed by atoms with Crippen molar-refractivity contribution in [3.63, 3.8) is 0 Å². The largest absolute Gasteiger partial charge is 0.325 e. The first-order chi connectivity index (χ1) is 14.4. The number of amides is 1. The molecule has 0 spiro atoms. The standard InChI is InChI=1S/C21H23N3O3S3/c1-15(28-21-23-18-10-3-4-11-19(18)29-21)20(25)22-16-8-7-9-17(14-16)30(26,27)24-12-5-2-6-13-24/h3-4,7-11,14-15H,2,5-6,12-13H2,1H3,(H,22,25). The molecule has 0 aliphatic carbocycles. The average Bonchev–Trinajstić information content (AvgIpc) is 3.17. The van der Waals surface area contributed by atoms with Crippen molar-refractivity contribution in [3.8, 4) is 0 Å². The van der Waals surface area contributed by atoms with Crippen LogP contribution in [0.2, 0.25) is 0 Å². The van der Waals surface area contributed by atoms with Gasteiger partial charge < -0.3 is 5.32 Å². The van der Waals surface area contributed by atoms with Gasteiger partial charge in [0, 0.05) is 18.8 Å². The molecule has 1 atom stereocenters. The van der Waals surface area contributed by atoms with Crippen LogP contribution in [0.5, 0.6) is 0 Å². The number of thioether (sulfide) groups is 1. The number of rotatable bonds is 6. The van der Waals surface area contributed by atoms with Crippen molar-refractivity contribution in [3.05, 3.63) is 48.5 Å². The van der Waals surface area contributed by atoms with E-state index in [1.165, 1.54) is 22.1 Å². The second kappa shape index (κ2) is 9.05. The number of benzene rings is 2. The third kappa shape index (κ3) is 4.69. The Bertz CT molecular complexity index is 1120. The van der Waals surface area contributed by atoms with Crippen LogP contribution in [0.4, 0.5) is 5.69 Å². The number of carbonyl (C=O) groups is 1. The Morgan fingerprint density at radius 1 is 1.13 bits per heavy atom. The number of thiazole rings is 1. The third-order valence-corrected chi connectivity index (χ3v) is 9.10. The molecule has 3 aromatic rings. The molecule has 0 bridgehead atoms. The maximum Gasteiger partial charge on any atom is 0.243 e. The molecular formula is C21H23N3O3S3. The highest BCUT2D eigenvalue weighted by atomic mass is 32.2. The Kier molecular flexibility index (Phi) is 6.43. The van der Waals surface area contributed by atoms with Gasteiger partial charge in [0.05, 0.1) is 20.4 Å². The molecule has 1 aliphatic rings. The fourth-order valence-corrected chi connectivity index (χ4v) is 7.11. The second-order valence-corrected chi connectivity index (χ2v) is 11.7. The van der Waals surface area contributed by atoms with Crippen molar-refractivity contribution in [2.45, 2.75) is 40.7 Å². The summed E-state index contributed by atoms with van der Waals surface area (Å²) >= 11 is 2.96. The van der Waals surface area contributed by atoms with E-state index < -0.39 is 10.0 Å². The predicted octanol–water partition coefficient (Wildman–Crippen LogP) is 4.59. The Balaban J connectivity index is 1.44. The molecule has 9 heteroatoms. The number of para-hydroxylation sites is 1. The van der Waals surface area contributed by atoms with Gasteiger partial charge in [-0.3, -0.25) is 4.79 Å². The van der Waals surface area contributed by atoms with E-state index in [0.29, 0.717) is 18.8 Å². The molecule has 30 heavy (non-hydrogen) atoms. The first kappa shape index (κ1) is 21.3. The number of sulfonamides is 1. The van der Waals surface area contributed by atoms with Crippen LogP contribution in [0.1, 0.15) is 26.2 Å². The lowest BCUT2D eigenvalue weighted by Crippen LogP contribution is -2.35. The highest BCUT2D eigenvalue weighted by Gasteiger charge is 2.26. The molecule has 6 nitrogen and oxygen atoms in total. The minimum Gasteiger partial charge on any atom is -0.325 e. The molecule has 1 aliphatic heterocycles. The van der Waals surface area contributed by atoms with Crippen LogP contribution in [-0.4, -0.2) is 42.0 Å². The van der Waals surface area contributed by atoms with Crippen LogP contribution < -0.4 is 5.32 Å². The smallest absolute Gasteiger partial charge is 0.243 e. The minimum absolute atomic E-state index is 0.188. The highest BCUT2D eigenvalue weighted by molar-refractivity contribution is 8.02. The fourth-order valence-electron chi connectivity index (χ4n) is 3.34. The lowest BCUT2D eigenvalue weighted by atomic mass is 10.2. The Morgan fingerprint density at radius 2 is 1.90 bits per heavy atom. The quantitative estimate of drug-likeness (QED) is 0.543. The van der Waals surface area contributed by atoms with E-state index in [9.17, 15) is 13.2 Å². The van der Waals surface area contributed by atoms with Gasteiger partial charge in [-0.1, -0.05) is 36.4 Å². The van der Waals surface area contributed by atoms with E-state index in [4.69, 9.17) is 0 Å². The summed E-state index contributed by atoms with van der Waals surface area (Å²) in [6.07, 6.45) is 2.83. The van der Waals surface area contributed by atoms with Crippen molar-refractivity contribution >= 4 is 54.9 Å². The molecule has 1 unspecified atom stereocenters. The summed E-state index contributed by atoms with van der Waals surface area (Å²) in [4.78, 5) is 17.5. The average molecular weight is 462 g/mol. The molecule has 0 saturated carbocycles. The number of anilines is 1. The summed E-state index contributed by atoms with van der Waals surface area (Å²) < 4.78 is 29.2. The molecule has 0 radical (unpaired) electrons. The predicted molar refractivity (Wildman–Crippen MR) is 123 cm³/mol. The van der Waals surface area contributed by atoms with Crippen molar-refractivity contribution < 1.29 is 13.2 Å². The molecule has 4 rings (SSSR count). The van der Waals surface area contributed by atoms with E-state index in [0.717, 1.165) is 33.8 Å². The van der Waals surface area contributed by atoms with E-state index in [1.807, 2.05) is 31.2 Å². The zero-order valence-electron chi connectivity index (χ0n) is 16.6. The third-order valence-electron chi connectivity index (χ3n) is 4.98. The van der Waals surface area contributed by atoms with E-state index in [-0.39, 0.29) is 16.1 Å². The fraction of sp³-hybridized carbons (Fsp3) is 0.333. The monoisotopic (exact) mass is 461 g/mol. The van der Waals surface area contributed by atoms with Gasteiger partial charge in [0.2, 0.25) is 15.9 Å². The lowest BCUT2D eigenvalue weighted by molar-refractivity contribution is -0.115. The van der Waals surface area contributed by atoms with Gasteiger partial charge in [-0.15, -0.1) is 11.3 Å². The van der Waals surface area contributed by atoms with Crippen molar-refractivity contribution in [1.82, 2.24) is 9.29 Å². The Hall–Kier alpha value is -1.94.